The minimum absolute atomic E-state index is 0.283. The molecule has 1 saturated heterocycles. The SMILES string of the molecule is CCCCCCOc1ccc(C2CCC(CCCCC)CO2)cc1. The molecule has 2 unspecified atom stereocenters. The van der Waals surface area contributed by atoms with E-state index in [0.29, 0.717) is 0 Å². The summed E-state index contributed by atoms with van der Waals surface area (Å²) in [4.78, 5) is 0. The zero-order valence-electron chi connectivity index (χ0n) is 15.8. The van der Waals surface area contributed by atoms with E-state index in [4.69, 9.17) is 9.47 Å². The highest BCUT2D eigenvalue weighted by Gasteiger charge is 2.22. The fourth-order valence-corrected chi connectivity index (χ4v) is 3.48. The Bertz CT molecular complexity index is 418. The highest BCUT2D eigenvalue weighted by atomic mass is 16.5. The fraction of sp³-hybridized carbons (Fsp3) is 0.727. The molecule has 1 aromatic rings. The van der Waals surface area contributed by atoms with Crippen LogP contribution in [0.25, 0.3) is 0 Å². The van der Waals surface area contributed by atoms with Crippen LogP contribution in [0.1, 0.15) is 89.7 Å². The average Bonchev–Trinajstić information content (AvgIpc) is 2.63. The molecule has 2 rings (SSSR count). The summed E-state index contributed by atoms with van der Waals surface area (Å²) in [7, 11) is 0. The van der Waals surface area contributed by atoms with Gasteiger partial charge in [-0.3, -0.25) is 0 Å². The van der Waals surface area contributed by atoms with Crippen LogP contribution in [0.3, 0.4) is 0 Å². The maximum atomic E-state index is 6.13. The summed E-state index contributed by atoms with van der Waals surface area (Å²) >= 11 is 0. The molecule has 2 nitrogen and oxygen atoms in total. The Labute approximate surface area is 148 Å². The Morgan fingerprint density at radius 2 is 1.67 bits per heavy atom. The third-order valence-electron chi connectivity index (χ3n) is 5.10. The largest absolute Gasteiger partial charge is 0.494 e. The predicted octanol–water partition coefficient (Wildman–Crippen LogP) is 6.69. The van der Waals surface area contributed by atoms with Gasteiger partial charge in [-0.1, -0.05) is 64.5 Å². The van der Waals surface area contributed by atoms with E-state index in [1.54, 1.807) is 0 Å². The molecule has 1 aliphatic heterocycles. The van der Waals surface area contributed by atoms with Crippen molar-refractivity contribution in [2.75, 3.05) is 13.2 Å². The number of hydrogen-bond donors (Lipinski definition) is 0. The summed E-state index contributed by atoms with van der Waals surface area (Å²) in [5, 5.41) is 0. The second-order valence-corrected chi connectivity index (χ2v) is 7.24. The second kappa shape index (κ2) is 11.5. The van der Waals surface area contributed by atoms with Gasteiger partial charge in [-0.05, 0) is 49.3 Å². The van der Waals surface area contributed by atoms with Gasteiger partial charge in [-0.15, -0.1) is 0 Å². The van der Waals surface area contributed by atoms with Crippen molar-refractivity contribution in [1.29, 1.82) is 0 Å². The lowest BCUT2D eigenvalue weighted by Crippen LogP contribution is -2.20. The summed E-state index contributed by atoms with van der Waals surface area (Å²) < 4.78 is 12.0. The summed E-state index contributed by atoms with van der Waals surface area (Å²) in [5.74, 6) is 1.77. The topological polar surface area (TPSA) is 18.5 Å². The van der Waals surface area contributed by atoms with Crippen molar-refractivity contribution in [2.45, 2.75) is 84.2 Å². The average molecular weight is 333 g/mol. The highest BCUT2D eigenvalue weighted by molar-refractivity contribution is 5.28. The van der Waals surface area contributed by atoms with E-state index in [-0.39, 0.29) is 6.10 Å². The lowest BCUT2D eigenvalue weighted by Gasteiger charge is -2.29. The number of ether oxygens (including phenoxy) is 2. The van der Waals surface area contributed by atoms with Crippen LogP contribution in [0.2, 0.25) is 0 Å². The van der Waals surface area contributed by atoms with Crippen LogP contribution < -0.4 is 4.74 Å². The Morgan fingerprint density at radius 1 is 0.917 bits per heavy atom. The molecular formula is C22H36O2. The van der Waals surface area contributed by atoms with Crippen molar-refractivity contribution in [1.82, 2.24) is 0 Å². The molecule has 1 fully saturated rings. The number of hydrogen-bond acceptors (Lipinski definition) is 2. The van der Waals surface area contributed by atoms with E-state index in [1.165, 1.54) is 56.9 Å². The van der Waals surface area contributed by atoms with Crippen molar-refractivity contribution >= 4 is 0 Å². The number of benzene rings is 1. The molecule has 0 bridgehead atoms. The molecule has 0 aliphatic carbocycles. The van der Waals surface area contributed by atoms with Gasteiger partial charge in [0, 0.05) is 0 Å². The van der Waals surface area contributed by atoms with Crippen LogP contribution in [-0.4, -0.2) is 13.2 Å². The number of unbranched alkanes of at least 4 members (excludes halogenated alkanes) is 5. The molecule has 0 spiro atoms. The molecule has 1 heterocycles. The van der Waals surface area contributed by atoms with Crippen molar-refractivity contribution in [3.8, 4) is 5.75 Å². The Morgan fingerprint density at radius 3 is 2.33 bits per heavy atom. The molecule has 24 heavy (non-hydrogen) atoms. The first-order valence-corrected chi connectivity index (χ1v) is 10.2. The van der Waals surface area contributed by atoms with Crippen molar-refractivity contribution in [2.24, 2.45) is 5.92 Å². The lowest BCUT2D eigenvalue weighted by molar-refractivity contribution is -0.0199. The standard InChI is InChI=1S/C22H36O2/c1-3-5-7-9-17-23-21-14-12-20(13-15-21)22-16-11-19(18-24-22)10-8-6-4-2/h12-15,19,22H,3-11,16-18H2,1-2H3. The molecule has 136 valence electrons. The maximum absolute atomic E-state index is 6.13. The van der Waals surface area contributed by atoms with Gasteiger partial charge in [0.2, 0.25) is 0 Å². The highest BCUT2D eigenvalue weighted by Crippen LogP contribution is 2.33. The van der Waals surface area contributed by atoms with Gasteiger partial charge >= 0.3 is 0 Å². The van der Waals surface area contributed by atoms with Crippen LogP contribution >= 0.6 is 0 Å². The van der Waals surface area contributed by atoms with Crippen LogP contribution in [0.5, 0.6) is 5.75 Å². The van der Waals surface area contributed by atoms with E-state index >= 15 is 0 Å². The zero-order chi connectivity index (χ0) is 17.0. The maximum Gasteiger partial charge on any atom is 0.119 e. The summed E-state index contributed by atoms with van der Waals surface area (Å²) in [6.07, 6.45) is 13.1. The Balaban J connectivity index is 1.68. The minimum atomic E-state index is 0.283. The predicted molar refractivity (Wildman–Crippen MR) is 102 cm³/mol. The van der Waals surface area contributed by atoms with Crippen molar-refractivity contribution < 1.29 is 9.47 Å². The molecule has 0 N–H and O–H groups in total. The van der Waals surface area contributed by atoms with E-state index < -0.39 is 0 Å². The first kappa shape index (κ1) is 19.3. The van der Waals surface area contributed by atoms with Crippen LogP contribution in [-0.2, 0) is 4.74 Å². The van der Waals surface area contributed by atoms with E-state index in [1.807, 2.05) is 0 Å². The molecule has 2 atom stereocenters. The van der Waals surface area contributed by atoms with Gasteiger partial charge in [0.05, 0.1) is 19.3 Å². The summed E-state index contributed by atoms with van der Waals surface area (Å²) in [6, 6.07) is 8.57. The van der Waals surface area contributed by atoms with E-state index in [0.717, 1.165) is 37.7 Å². The lowest BCUT2D eigenvalue weighted by atomic mass is 9.91. The molecular weight excluding hydrogens is 296 g/mol. The third-order valence-corrected chi connectivity index (χ3v) is 5.10. The van der Waals surface area contributed by atoms with Crippen LogP contribution in [0.15, 0.2) is 24.3 Å². The van der Waals surface area contributed by atoms with Gasteiger partial charge in [-0.25, -0.2) is 0 Å². The fourth-order valence-electron chi connectivity index (χ4n) is 3.48. The Hall–Kier alpha value is -1.02. The second-order valence-electron chi connectivity index (χ2n) is 7.24. The molecule has 0 aromatic heterocycles. The molecule has 2 heteroatoms. The van der Waals surface area contributed by atoms with Gasteiger partial charge in [0.1, 0.15) is 5.75 Å². The van der Waals surface area contributed by atoms with Crippen molar-refractivity contribution in [3.05, 3.63) is 29.8 Å². The Kier molecular flexibility index (Phi) is 9.27. The first-order valence-electron chi connectivity index (χ1n) is 10.2. The molecule has 0 amide bonds. The van der Waals surface area contributed by atoms with Crippen LogP contribution in [0, 0.1) is 5.92 Å². The summed E-state index contributed by atoms with van der Waals surface area (Å²) in [6.45, 7) is 6.27. The zero-order valence-corrected chi connectivity index (χ0v) is 15.8. The molecule has 0 radical (unpaired) electrons. The summed E-state index contributed by atoms with van der Waals surface area (Å²) in [5.41, 5.74) is 1.31. The van der Waals surface area contributed by atoms with Gasteiger partial charge in [-0.2, -0.15) is 0 Å². The minimum Gasteiger partial charge on any atom is -0.494 e. The number of rotatable bonds is 11. The smallest absolute Gasteiger partial charge is 0.119 e. The van der Waals surface area contributed by atoms with Gasteiger partial charge in [0.25, 0.3) is 0 Å². The van der Waals surface area contributed by atoms with Gasteiger partial charge in [0.15, 0.2) is 0 Å². The third kappa shape index (κ3) is 6.84. The first-order chi connectivity index (χ1) is 11.8. The molecule has 0 saturated carbocycles. The van der Waals surface area contributed by atoms with E-state index in [9.17, 15) is 0 Å². The normalized spacial score (nSPS) is 20.9. The van der Waals surface area contributed by atoms with E-state index in [2.05, 4.69) is 38.1 Å². The van der Waals surface area contributed by atoms with Crippen LogP contribution in [0.4, 0.5) is 0 Å². The molecule has 1 aliphatic rings. The van der Waals surface area contributed by atoms with Crippen molar-refractivity contribution in [3.63, 3.8) is 0 Å². The van der Waals surface area contributed by atoms with Gasteiger partial charge < -0.3 is 9.47 Å². The monoisotopic (exact) mass is 332 g/mol. The quantitative estimate of drug-likeness (QED) is 0.420. The molecule has 1 aromatic carbocycles.